The highest BCUT2D eigenvalue weighted by Gasteiger charge is 2.27. The molecule has 2 atom stereocenters. The van der Waals surface area contributed by atoms with Gasteiger partial charge in [0.05, 0.1) is 10.0 Å². The number of unbranched alkanes of at least 4 members (excludes halogenated alkanes) is 6. The molecule has 0 spiro atoms. The second kappa shape index (κ2) is 37.0. The van der Waals surface area contributed by atoms with Gasteiger partial charge in [-0.1, -0.05) is 151 Å². The van der Waals surface area contributed by atoms with E-state index in [9.17, 15) is 23.6 Å². The van der Waals surface area contributed by atoms with E-state index in [1.165, 1.54) is 88.8 Å². The lowest BCUT2D eigenvalue weighted by molar-refractivity contribution is -0.136. The van der Waals surface area contributed by atoms with Crippen LogP contribution in [-0.2, 0) is 20.8 Å². The fourth-order valence-corrected chi connectivity index (χ4v) is 10.4. The molecule has 2 unspecified atom stereocenters. The molecule has 9 nitrogen and oxygen atoms in total. The smallest absolute Gasteiger partial charge is 0.229 e. The number of thioether (sulfide) groups is 1. The Morgan fingerprint density at radius 2 is 1.56 bits per heavy atom. The van der Waals surface area contributed by atoms with Crippen molar-refractivity contribution < 1.29 is 23.6 Å². The molecule has 1 heterocycles. The van der Waals surface area contributed by atoms with E-state index >= 15 is 0 Å². The molecule has 2 aromatic carbocycles. The van der Waals surface area contributed by atoms with Crippen LogP contribution in [0.25, 0.3) is 0 Å². The van der Waals surface area contributed by atoms with Gasteiger partial charge in [0.1, 0.15) is 10.9 Å². The molecule has 5 N–H and O–H groups in total. The number of benzene rings is 2. The number of piperidine rings is 1. The number of hydrogen-bond donors (Lipinski definition) is 4. The molecule has 72 heavy (non-hydrogen) atoms. The summed E-state index contributed by atoms with van der Waals surface area (Å²) >= 11 is 13.2. The zero-order valence-electron chi connectivity index (χ0n) is 45.3. The molecule has 0 radical (unpaired) electrons. The number of imide groups is 1. The summed E-state index contributed by atoms with van der Waals surface area (Å²) in [5, 5.41) is 10.3. The Kier molecular flexibility index (Phi) is 33.1. The number of nitrogens with zero attached hydrogens (tertiary/aromatic N) is 1. The number of nitrogens with one attached hydrogen (secondary N) is 3. The van der Waals surface area contributed by atoms with Crippen molar-refractivity contribution >= 4 is 70.4 Å². The van der Waals surface area contributed by atoms with Crippen molar-refractivity contribution in [3.63, 3.8) is 0 Å². The number of carbonyl (C=O) groups is 4. The van der Waals surface area contributed by atoms with Gasteiger partial charge in [-0.2, -0.15) is 0 Å². The molecule has 1 saturated carbocycles. The van der Waals surface area contributed by atoms with Gasteiger partial charge in [0.25, 0.3) is 0 Å². The molecule has 0 aromatic heterocycles. The van der Waals surface area contributed by atoms with Gasteiger partial charge in [-0.05, 0) is 152 Å². The standard InChI is InChI=1S/C36H61N3O2.C15H16Cl2FNS.C8H13NO2/c1-5-8-13-25-36(28-37,24-6-2)26-14-9-12-23-35(41)38-27-15-10-11-21-33(30-18-16-19-30)39-34-22-17-20-32(29(4)40)31(34)7-3;1-4-6-10(2)9-19-15(11(3)18)20-13-8-5-7-12(16)14(13)17;1-2-3-6-4-5-7(10)9-8(6)11/h17,20,22,39H,5-16,18-19,21,23-28,37H2,1-4H3,(H,38,41);5-9H,4H2,1-3H3;6H,2-5H2,1H3,(H,9,10,11)/b;10-6-,15-11-,19-9-;. The fraction of sp³-hybridized carbons (Fsp3) is 0.610. The van der Waals surface area contributed by atoms with Gasteiger partial charge in [0.2, 0.25) is 17.7 Å². The van der Waals surface area contributed by atoms with E-state index in [1.54, 1.807) is 31.3 Å². The number of amides is 3. The van der Waals surface area contributed by atoms with Crippen molar-refractivity contribution in [3.8, 4) is 0 Å². The first kappa shape index (κ1) is 64.3. The lowest BCUT2D eigenvalue weighted by atomic mass is 9.74. The molecule has 4 rings (SSSR count). The fourth-order valence-electron chi connectivity index (χ4n) is 9.15. The zero-order chi connectivity index (χ0) is 53.3. The monoisotopic (exact) mass is 1050 g/mol. The van der Waals surface area contributed by atoms with Crippen LogP contribution in [0.5, 0.6) is 0 Å². The molecule has 2 aromatic rings. The molecule has 1 aliphatic carbocycles. The number of allylic oxidation sites excluding steroid dienone is 5. The van der Waals surface area contributed by atoms with Crippen molar-refractivity contribution in [3.05, 3.63) is 91.3 Å². The number of anilines is 1. The van der Waals surface area contributed by atoms with Gasteiger partial charge in [-0.15, -0.1) is 0 Å². The number of aliphatic imine (C=N–C) groups is 1. The van der Waals surface area contributed by atoms with Crippen molar-refractivity contribution in [1.82, 2.24) is 10.6 Å². The number of nitrogens with two attached hydrogens (primary N) is 1. The quantitative estimate of drug-likeness (QED) is 0.0201. The Hall–Kier alpha value is -3.77. The van der Waals surface area contributed by atoms with Crippen LogP contribution >= 0.6 is 35.0 Å². The number of carbonyl (C=O) groups excluding carboxylic acids is 4. The lowest BCUT2D eigenvalue weighted by Crippen LogP contribution is -2.40. The van der Waals surface area contributed by atoms with Crippen LogP contribution in [0.15, 0.2) is 80.1 Å². The van der Waals surface area contributed by atoms with Gasteiger partial charge in [-0.3, -0.25) is 24.5 Å². The maximum atomic E-state index is 13.6. The first-order chi connectivity index (χ1) is 34.6. The third-order valence-corrected chi connectivity index (χ3v) is 15.5. The second-order valence-corrected chi connectivity index (χ2v) is 21.3. The van der Waals surface area contributed by atoms with Crippen molar-refractivity contribution in [2.24, 2.45) is 22.1 Å². The van der Waals surface area contributed by atoms with Gasteiger partial charge >= 0.3 is 0 Å². The summed E-state index contributed by atoms with van der Waals surface area (Å²) in [4.78, 5) is 51.1. The van der Waals surface area contributed by atoms with Crippen LogP contribution in [0.2, 0.25) is 10.0 Å². The molecule has 1 aliphatic heterocycles. The summed E-state index contributed by atoms with van der Waals surface area (Å²) in [7, 11) is 0. The number of halogens is 3. The topological polar surface area (TPSA) is 143 Å². The molecule has 1 saturated heterocycles. The molecule has 2 aliphatic rings. The van der Waals surface area contributed by atoms with Crippen LogP contribution < -0.4 is 21.7 Å². The van der Waals surface area contributed by atoms with E-state index in [0.717, 1.165) is 118 Å². The SMILES string of the molecule is CCCC1CCC(=O)NC1=O.CCCCCC(CN)(CCC)CCCCCC(=O)NCCCCCC(Nc1cccc(C(C)=O)c1CC)=C1CCC1.CC\C=C(C)/C=N\C(Sc1cccc(Cl)c1Cl)=C(/C)F. The summed E-state index contributed by atoms with van der Waals surface area (Å²) < 4.78 is 13.6. The minimum Gasteiger partial charge on any atom is -0.359 e. The summed E-state index contributed by atoms with van der Waals surface area (Å²) in [5.74, 6) is -0.151. The highest BCUT2D eigenvalue weighted by molar-refractivity contribution is 8.03. The van der Waals surface area contributed by atoms with Gasteiger partial charge < -0.3 is 16.4 Å². The predicted molar refractivity (Wildman–Crippen MR) is 305 cm³/mol. The minimum atomic E-state index is -0.355. The highest BCUT2D eigenvalue weighted by Crippen LogP contribution is 2.39. The normalized spacial score (nSPS) is 15.8. The Morgan fingerprint density at radius 3 is 2.15 bits per heavy atom. The minimum absolute atomic E-state index is 0.0805. The van der Waals surface area contributed by atoms with E-state index in [-0.39, 0.29) is 40.3 Å². The second-order valence-electron chi connectivity index (χ2n) is 19.5. The van der Waals surface area contributed by atoms with E-state index in [0.29, 0.717) is 33.2 Å². The van der Waals surface area contributed by atoms with Gasteiger partial charge in [-0.25, -0.2) is 9.38 Å². The van der Waals surface area contributed by atoms with Gasteiger partial charge in [0.15, 0.2) is 5.78 Å². The van der Waals surface area contributed by atoms with Crippen LogP contribution in [0.3, 0.4) is 0 Å². The van der Waals surface area contributed by atoms with Crippen molar-refractivity contribution in [2.75, 3.05) is 18.4 Å². The van der Waals surface area contributed by atoms with Crippen molar-refractivity contribution in [1.29, 1.82) is 0 Å². The first-order valence-corrected chi connectivity index (χ1v) is 28.8. The Balaban J connectivity index is 0.000000467. The van der Waals surface area contributed by atoms with Gasteiger partial charge in [0, 0.05) is 53.4 Å². The maximum Gasteiger partial charge on any atom is 0.229 e. The van der Waals surface area contributed by atoms with E-state index in [4.69, 9.17) is 28.9 Å². The molecule has 402 valence electrons. The van der Waals surface area contributed by atoms with Crippen molar-refractivity contribution in [2.45, 2.75) is 214 Å². The largest absolute Gasteiger partial charge is 0.359 e. The number of hydrogen-bond acceptors (Lipinski definition) is 8. The number of Topliss-reactive ketones (excluding diaryl/α,β-unsaturated/α-hetero) is 1. The van der Waals surface area contributed by atoms with Crippen LogP contribution in [0, 0.1) is 11.3 Å². The van der Waals surface area contributed by atoms with E-state index < -0.39 is 0 Å². The lowest BCUT2D eigenvalue weighted by Gasteiger charge is -2.33. The Labute approximate surface area is 448 Å². The third kappa shape index (κ3) is 24.5. The Morgan fingerprint density at radius 1 is 0.861 bits per heavy atom. The van der Waals surface area contributed by atoms with Crippen LogP contribution in [0.4, 0.5) is 10.1 Å². The molecular formula is C59H90Cl2FN5O4S. The summed E-state index contributed by atoms with van der Waals surface area (Å²) in [5.41, 5.74) is 13.5. The molecular weight excluding hydrogens is 965 g/mol. The summed E-state index contributed by atoms with van der Waals surface area (Å²) in [6, 6.07) is 11.3. The summed E-state index contributed by atoms with van der Waals surface area (Å²) in [6.45, 7) is 17.2. The maximum absolute atomic E-state index is 13.6. The van der Waals surface area contributed by atoms with E-state index in [2.05, 4.69) is 47.8 Å². The molecule has 0 bridgehead atoms. The number of ketones is 1. The predicted octanol–water partition coefficient (Wildman–Crippen LogP) is 16.8. The van der Waals surface area contributed by atoms with Crippen LogP contribution in [-0.4, -0.2) is 42.8 Å². The Bertz CT molecular complexity index is 2110. The first-order valence-electron chi connectivity index (χ1n) is 27.2. The highest BCUT2D eigenvalue weighted by atomic mass is 35.5. The third-order valence-electron chi connectivity index (χ3n) is 13.5. The molecule has 3 amide bonds. The summed E-state index contributed by atoms with van der Waals surface area (Å²) in [6.07, 6.45) is 29.1. The average molecular weight is 1060 g/mol. The van der Waals surface area contributed by atoms with E-state index in [1.807, 2.05) is 39.0 Å². The molecule has 13 heteroatoms. The van der Waals surface area contributed by atoms with Crippen LogP contribution in [0.1, 0.15) is 219 Å². The molecule has 2 fully saturated rings. The zero-order valence-corrected chi connectivity index (χ0v) is 47.6. The number of rotatable bonds is 30. The average Bonchev–Trinajstić information content (AvgIpc) is 3.33.